The second-order valence-corrected chi connectivity index (χ2v) is 6.75. The highest BCUT2D eigenvalue weighted by molar-refractivity contribution is 7.89. The summed E-state index contributed by atoms with van der Waals surface area (Å²) in [5, 5.41) is 0. The van der Waals surface area contributed by atoms with Crippen LogP contribution in [0.3, 0.4) is 0 Å². The van der Waals surface area contributed by atoms with Gasteiger partial charge in [0.15, 0.2) is 0 Å². The number of hydrogen-bond donors (Lipinski definition) is 2. The molecule has 0 saturated heterocycles. The van der Waals surface area contributed by atoms with Gasteiger partial charge in [0.05, 0.1) is 18.8 Å². The summed E-state index contributed by atoms with van der Waals surface area (Å²) < 4.78 is 31.1. The number of nitrogens with one attached hydrogen (secondary N) is 1. The highest BCUT2D eigenvalue weighted by atomic mass is 32.2. The zero-order chi connectivity index (χ0) is 14.3. The van der Waals surface area contributed by atoms with Crippen LogP contribution in [0.25, 0.3) is 0 Å². The average molecular weight is 292 g/mol. The van der Waals surface area contributed by atoms with E-state index in [1.165, 1.54) is 0 Å². The van der Waals surface area contributed by atoms with Crippen LogP contribution in [-0.4, -0.2) is 39.3 Å². The first-order valence-corrected chi connectivity index (χ1v) is 8.49. The molecule has 0 radical (unpaired) electrons. The van der Waals surface area contributed by atoms with Crippen molar-refractivity contribution >= 4 is 16.0 Å². The predicted octanol–water partition coefficient (Wildman–Crippen LogP) is 0.377. The Bertz CT molecular complexity index is 377. The molecule has 7 heteroatoms. The molecular formula is C12H24N2O4S. The van der Waals surface area contributed by atoms with E-state index in [4.69, 9.17) is 10.5 Å². The van der Waals surface area contributed by atoms with Crippen molar-refractivity contribution in [3.63, 3.8) is 0 Å². The van der Waals surface area contributed by atoms with E-state index >= 15 is 0 Å². The summed E-state index contributed by atoms with van der Waals surface area (Å²) >= 11 is 0. The molecule has 1 saturated carbocycles. The predicted molar refractivity (Wildman–Crippen MR) is 73.0 cm³/mol. The summed E-state index contributed by atoms with van der Waals surface area (Å²) in [6.45, 7) is 2.25. The van der Waals surface area contributed by atoms with Gasteiger partial charge in [0, 0.05) is 12.6 Å². The van der Waals surface area contributed by atoms with E-state index in [2.05, 4.69) is 4.72 Å². The largest absolute Gasteiger partial charge is 0.466 e. The van der Waals surface area contributed by atoms with E-state index in [1.807, 2.05) is 0 Å². The molecular weight excluding hydrogens is 268 g/mol. The molecule has 0 aliphatic heterocycles. The number of ether oxygens (including phenoxy) is 1. The Morgan fingerprint density at radius 1 is 1.42 bits per heavy atom. The minimum Gasteiger partial charge on any atom is -0.466 e. The Hall–Kier alpha value is -0.660. The van der Waals surface area contributed by atoms with Gasteiger partial charge in [-0.2, -0.15) is 0 Å². The minimum absolute atomic E-state index is 0.120. The van der Waals surface area contributed by atoms with Crippen LogP contribution < -0.4 is 10.5 Å². The van der Waals surface area contributed by atoms with Gasteiger partial charge in [-0.1, -0.05) is 12.8 Å². The van der Waals surface area contributed by atoms with Crippen molar-refractivity contribution in [2.24, 2.45) is 11.7 Å². The number of carbonyl (C=O) groups is 1. The third-order valence-corrected chi connectivity index (χ3v) is 4.84. The van der Waals surface area contributed by atoms with Crippen molar-refractivity contribution in [1.29, 1.82) is 0 Å². The van der Waals surface area contributed by atoms with Crippen LogP contribution in [0.2, 0.25) is 0 Å². The highest BCUT2D eigenvalue weighted by Crippen LogP contribution is 2.27. The molecule has 1 atom stereocenters. The second-order valence-electron chi connectivity index (χ2n) is 4.88. The van der Waals surface area contributed by atoms with Crippen molar-refractivity contribution in [3.8, 4) is 0 Å². The van der Waals surface area contributed by atoms with Crippen LogP contribution in [0.15, 0.2) is 0 Å². The van der Waals surface area contributed by atoms with E-state index in [0.29, 0.717) is 12.5 Å². The standard InChI is InChI=1S/C12H24N2O4S/c1-2-18-12(15)7-8-19(16,17)14-11(9-13)10-5-3-4-6-10/h10-11,14H,2-9,13H2,1H3. The van der Waals surface area contributed by atoms with Gasteiger partial charge in [0.2, 0.25) is 10.0 Å². The fraction of sp³-hybridized carbons (Fsp3) is 0.917. The fourth-order valence-electron chi connectivity index (χ4n) is 2.44. The molecule has 3 N–H and O–H groups in total. The van der Waals surface area contributed by atoms with Gasteiger partial charge in [-0.25, -0.2) is 13.1 Å². The van der Waals surface area contributed by atoms with Gasteiger partial charge >= 0.3 is 5.97 Å². The van der Waals surface area contributed by atoms with E-state index in [0.717, 1.165) is 25.7 Å². The molecule has 6 nitrogen and oxygen atoms in total. The van der Waals surface area contributed by atoms with Crippen LogP contribution in [0, 0.1) is 5.92 Å². The molecule has 112 valence electrons. The zero-order valence-corrected chi connectivity index (χ0v) is 12.2. The molecule has 0 heterocycles. The van der Waals surface area contributed by atoms with Crippen molar-refractivity contribution in [2.45, 2.75) is 45.1 Å². The van der Waals surface area contributed by atoms with Crippen LogP contribution >= 0.6 is 0 Å². The molecule has 0 spiro atoms. The molecule has 1 rings (SSSR count). The third-order valence-electron chi connectivity index (χ3n) is 3.43. The van der Waals surface area contributed by atoms with E-state index in [1.54, 1.807) is 6.92 Å². The maximum absolute atomic E-state index is 11.9. The Morgan fingerprint density at radius 3 is 2.58 bits per heavy atom. The molecule has 1 fully saturated rings. The Balaban J connectivity index is 2.45. The number of nitrogens with two attached hydrogens (primary N) is 1. The van der Waals surface area contributed by atoms with Gasteiger partial charge in [-0.05, 0) is 25.7 Å². The first-order chi connectivity index (χ1) is 8.98. The Morgan fingerprint density at radius 2 is 2.05 bits per heavy atom. The van der Waals surface area contributed by atoms with E-state index in [-0.39, 0.29) is 24.8 Å². The number of esters is 1. The van der Waals surface area contributed by atoms with Crippen LogP contribution in [0.1, 0.15) is 39.0 Å². The van der Waals surface area contributed by atoms with Crippen LogP contribution in [0.5, 0.6) is 0 Å². The fourth-order valence-corrected chi connectivity index (χ4v) is 3.74. The van der Waals surface area contributed by atoms with Gasteiger partial charge < -0.3 is 10.5 Å². The summed E-state index contributed by atoms with van der Waals surface area (Å²) in [7, 11) is -3.47. The lowest BCUT2D eigenvalue weighted by Crippen LogP contribution is -2.45. The smallest absolute Gasteiger partial charge is 0.306 e. The van der Waals surface area contributed by atoms with E-state index in [9.17, 15) is 13.2 Å². The highest BCUT2D eigenvalue weighted by Gasteiger charge is 2.27. The summed E-state index contributed by atoms with van der Waals surface area (Å²) in [5.74, 6) is -0.407. The average Bonchev–Trinajstić information content (AvgIpc) is 2.88. The zero-order valence-electron chi connectivity index (χ0n) is 11.4. The quantitative estimate of drug-likeness (QED) is 0.630. The normalized spacial score (nSPS) is 18.4. The monoisotopic (exact) mass is 292 g/mol. The summed E-state index contributed by atoms with van der Waals surface area (Å²) in [4.78, 5) is 11.2. The number of carbonyl (C=O) groups excluding carboxylic acids is 1. The van der Waals surface area contributed by atoms with Crippen molar-refractivity contribution in [1.82, 2.24) is 4.72 Å². The van der Waals surface area contributed by atoms with Crippen molar-refractivity contribution < 1.29 is 17.9 Å². The maximum Gasteiger partial charge on any atom is 0.306 e. The van der Waals surface area contributed by atoms with Crippen molar-refractivity contribution in [3.05, 3.63) is 0 Å². The first-order valence-electron chi connectivity index (χ1n) is 6.84. The lowest BCUT2D eigenvalue weighted by atomic mass is 9.99. The molecule has 0 aromatic heterocycles. The van der Waals surface area contributed by atoms with Gasteiger partial charge in [0.25, 0.3) is 0 Å². The summed E-state index contributed by atoms with van der Waals surface area (Å²) in [5.41, 5.74) is 5.64. The molecule has 0 aromatic rings. The first kappa shape index (κ1) is 16.4. The Labute approximate surface area is 115 Å². The molecule has 0 aromatic carbocycles. The molecule has 1 unspecified atom stereocenters. The lowest BCUT2D eigenvalue weighted by Gasteiger charge is -2.22. The Kier molecular flexibility index (Phi) is 6.74. The number of sulfonamides is 1. The van der Waals surface area contributed by atoms with Gasteiger partial charge in [0.1, 0.15) is 0 Å². The molecule has 0 amide bonds. The maximum atomic E-state index is 11.9. The molecule has 1 aliphatic rings. The lowest BCUT2D eigenvalue weighted by molar-refractivity contribution is -0.142. The van der Waals surface area contributed by atoms with Gasteiger partial charge in [-0.3, -0.25) is 4.79 Å². The van der Waals surface area contributed by atoms with E-state index < -0.39 is 16.0 Å². The number of rotatable bonds is 8. The van der Waals surface area contributed by atoms with Crippen molar-refractivity contribution in [2.75, 3.05) is 18.9 Å². The minimum atomic E-state index is -3.47. The summed E-state index contributed by atoms with van der Waals surface area (Å²) in [6, 6.07) is -0.213. The van der Waals surface area contributed by atoms with Gasteiger partial charge in [-0.15, -0.1) is 0 Å². The molecule has 0 bridgehead atoms. The summed E-state index contributed by atoms with van der Waals surface area (Å²) in [6.07, 6.45) is 4.17. The SMILES string of the molecule is CCOC(=O)CCS(=O)(=O)NC(CN)C1CCCC1. The van der Waals surface area contributed by atoms with Crippen LogP contribution in [-0.2, 0) is 19.6 Å². The second kappa shape index (κ2) is 7.81. The molecule has 1 aliphatic carbocycles. The van der Waals surface area contributed by atoms with Crippen LogP contribution in [0.4, 0.5) is 0 Å². The third kappa shape index (κ3) is 5.88. The molecule has 19 heavy (non-hydrogen) atoms. The topological polar surface area (TPSA) is 98.5 Å². The number of hydrogen-bond acceptors (Lipinski definition) is 5.